The van der Waals surface area contributed by atoms with E-state index in [0.29, 0.717) is 6.04 Å². The van der Waals surface area contributed by atoms with E-state index in [4.69, 9.17) is 0 Å². The van der Waals surface area contributed by atoms with Crippen LogP contribution in [0.2, 0.25) is 0 Å². The van der Waals surface area contributed by atoms with Gasteiger partial charge in [0.15, 0.2) is 0 Å². The lowest BCUT2D eigenvalue weighted by atomic mass is 9.77. The average molecular weight is 269 g/mol. The van der Waals surface area contributed by atoms with Crippen LogP contribution in [-0.4, -0.2) is 13.1 Å². The zero-order valence-corrected chi connectivity index (χ0v) is 12.7. The molecule has 1 nitrogen and oxygen atoms in total. The first-order chi connectivity index (χ1) is 9.88. The number of benzene rings is 1. The minimum atomic E-state index is 0.599. The van der Waals surface area contributed by atoms with Crippen LogP contribution in [0.1, 0.15) is 49.7 Å². The molecule has 0 saturated heterocycles. The molecule has 3 rings (SSSR count). The van der Waals surface area contributed by atoms with Crippen molar-refractivity contribution in [2.24, 2.45) is 5.92 Å². The Kier molecular flexibility index (Phi) is 4.57. The van der Waals surface area contributed by atoms with Crippen molar-refractivity contribution in [3.8, 4) is 0 Å². The fraction of sp³-hybridized carbons (Fsp3) is 0.579. The van der Waals surface area contributed by atoms with Gasteiger partial charge >= 0.3 is 0 Å². The lowest BCUT2D eigenvalue weighted by Gasteiger charge is -2.33. The van der Waals surface area contributed by atoms with Crippen LogP contribution >= 0.6 is 0 Å². The summed E-state index contributed by atoms with van der Waals surface area (Å²) in [4.78, 5) is 0. The molecule has 0 amide bonds. The first-order valence-electron chi connectivity index (χ1n) is 8.31. The van der Waals surface area contributed by atoms with E-state index in [0.717, 1.165) is 5.92 Å². The largest absolute Gasteiger partial charge is 0.313 e. The second-order valence-corrected chi connectivity index (χ2v) is 6.42. The fourth-order valence-electron chi connectivity index (χ4n) is 4.06. The number of aryl methyl sites for hydroxylation is 1. The third-order valence-corrected chi connectivity index (χ3v) is 5.14. The highest BCUT2D eigenvalue weighted by Gasteiger charge is 2.27. The smallest absolute Gasteiger partial charge is 0.0308 e. The minimum Gasteiger partial charge on any atom is -0.313 e. The van der Waals surface area contributed by atoms with Gasteiger partial charge < -0.3 is 5.32 Å². The number of fused-ring (bicyclic) bond motifs is 1. The van der Waals surface area contributed by atoms with Gasteiger partial charge in [0.1, 0.15) is 0 Å². The molecular weight excluding hydrogens is 242 g/mol. The zero-order valence-electron chi connectivity index (χ0n) is 12.7. The number of rotatable bonds is 3. The number of allylic oxidation sites excluding steroid dienone is 1. The normalized spacial score (nSPS) is 24.4. The molecule has 2 aliphatic carbocycles. The molecule has 1 heteroatoms. The summed E-state index contributed by atoms with van der Waals surface area (Å²) in [6, 6.07) is 9.62. The van der Waals surface area contributed by atoms with Gasteiger partial charge in [0.05, 0.1) is 0 Å². The Hall–Kier alpha value is -1.08. The molecule has 2 atom stereocenters. The van der Waals surface area contributed by atoms with E-state index in [1.54, 1.807) is 16.7 Å². The molecule has 1 N–H and O–H groups in total. The molecule has 0 saturated carbocycles. The number of likely N-dealkylation sites (N-methyl/N-ethyl adjacent to an activating group) is 1. The van der Waals surface area contributed by atoms with Crippen molar-refractivity contribution in [2.75, 3.05) is 7.05 Å². The number of nitrogens with one attached hydrogen (secondary N) is 1. The van der Waals surface area contributed by atoms with Gasteiger partial charge in [-0.15, -0.1) is 0 Å². The van der Waals surface area contributed by atoms with E-state index in [-0.39, 0.29) is 0 Å². The summed E-state index contributed by atoms with van der Waals surface area (Å²) in [5.74, 6) is 0.777. The van der Waals surface area contributed by atoms with Gasteiger partial charge in [-0.3, -0.25) is 0 Å². The summed E-state index contributed by atoms with van der Waals surface area (Å²) < 4.78 is 0. The predicted molar refractivity (Wildman–Crippen MR) is 86.0 cm³/mol. The Morgan fingerprint density at radius 2 is 1.90 bits per heavy atom. The van der Waals surface area contributed by atoms with Crippen molar-refractivity contribution < 1.29 is 0 Å². The molecule has 108 valence electrons. The van der Waals surface area contributed by atoms with Crippen LogP contribution in [0.25, 0.3) is 0 Å². The quantitative estimate of drug-likeness (QED) is 0.808. The van der Waals surface area contributed by atoms with Gasteiger partial charge in [0, 0.05) is 6.04 Å². The summed E-state index contributed by atoms with van der Waals surface area (Å²) >= 11 is 0. The first-order valence-corrected chi connectivity index (χ1v) is 8.31. The third-order valence-electron chi connectivity index (χ3n) is 5.14. The molecule has 0 heterocycles. The minimum absolute atomic E-state index is 0.599. The molecule has 20 heavy (non-hydrogen) atoms. The van der Waals surface area contributed by atoms with Gasteiger partial charge in [0.25, 0.3) is 0 Å². The van der Waals surface area contributed by atoms with E-state index in [1.807, 2.05) is 0 Å². The maximum Gasteiger partial charge on any atom is 0.0308 e. The fourth-order valence-corrected chi connectivity index (χ4v) is 4.06. The van der Waals surface area contributed by atoms with Crippen molar-refractivity contribution >= 4 is 0 Å². The van der Waals surface area contributed by atoms with Gasteiger partial charge in [-0.1, -0.05) is 42.3 Å². The molecule has 0 aliphatic heterocycles. The summed E-state index contributed by atoms with van der Waals surface area (Å²) in [7, 11) is 2.15. The van der Waals surface area contributed by atoms with Crippen molar-refractivity contribution in [3.63, 3.8) is 0 Å². The molecule has 0 fully saturated rings. The van der Waals surface area contributed by atoms with Crippen LogP contribution in [0.5, 0.6) is 0 Å². The molecular formula is C19H27N. The highest BCUT2D eigenvalue weighted by molar-refractivity contribution is 5.31. The highest BCUT2D eigenvalue weighted by atomic mass is 14.9. The predicted octanol–water partition coefficient (Wildman–Crippen LogP) is 4.27. The Bertz CT molecular complexity index is 474. The van der Waals surface area contributed by atoms with E-state index < -0.39 is 0 Å². The Morgan fingerprint density at radius 1 is 1.05 bits per heavy atom. The standard InChI is InChI=1S/C19H27N/c1-20-19(16-9-4-2-3-5-10-16)18-13-12-15-8-6-7-11-17(15)14-18/h6-9,11,18-20H,2-5,10,12-14H2,1H3. The lowest BCUT2D eigenvalue weighted by molar-refractivity contribution is 0.362. The van der Waals surface area contributed by atoms with Crippen molar-refractivity contribution in [1.82, 2.24) is 5.32 Å². The van der Waals surface area contributed by atoms with Crippen LogP contribution in [0.4, 0.5) is 0 Å². The SMILES string of the molecule is CNC(C1=CCCCCC1)C1CCc2ccccc2C1. The maximum absolute atomic E-state index is 3.63. The van der Waals surface area contributed by atoms with Gasteiger partial charge in [-0.25, -0.2) is 0 Å². The molecule has 0 spiro atoms. The van der Waals surface area contributed by atoms with Crippen LogP contribution < -0.4 is 5.32 Å². The first kappa shape index (κ1) is 13.9. The summed E-state index contributed by atoms with van der Waals surface area (Å²) in [5.41, 5.74) is 4.85. The van der Waals surface area contributed by atoms with Crippen LogP contribution in [0, 0.1) is 5.92 Å². The molecule has 1 aromatic carbocycles. The van der Waals surface area contributed by atoms with Crippen LogP contribution in [0.15, 0.2) is 35.9 Å². The molecule has 0 aromatic heterocycles. The van der Waals surface area contributed by atoms with Crippen LogP contribution in [0.3, 0.4) is 0 Å². The van der Waals surface area contributed by atoms with Crippen LogP contribution in [-0.2, 0) is 12.8 Å². The van der Waals surface area contributed by atoms with Gasteiger partial charge in [-0.05, 0) is 69.0 Å². The summed E-state index contributed by atoms with van der Waals surface area (Å²) in [6.07, 6.45) is 13.1. The molecule has 2 unspecified atom stereocenters. The van der Waals surface area contributed by atoms with Crippen molar-refractivity contribution in [3.05, 3.63) is 47.0 Å². The second kappa shape index (κ2) is 6.58. The molecule has 2 aliphatic rings. The van der Waals surface area contributed by atoms with Crippen molar-refractivity contribution in [1.29, 1.82) is 0 Å². The Balaban J connectivity index is 1.76. The Morgan fingerprint density at radius 3 is 2.75 bits per heavy atom. The number of hydrogen-bond acceptors (Lipinski definition) is 1. The van der Waals surface area contributed by atoms with E-state index >= 15 is 0 Å². The summed E-state index contributed by atoms with van der Waals surface area (Å²) in [6.45, 7) is 0. The molecule has 0 bridgehead atoms. The molecule has 1 aromatic rings. The maximum atomic E-state index is 3.63. The van der Waals surface area contributed by atoms with E-state index in [1.165, 1.54) is 51.4 Å². The highest BCUT2D eigenvalue weighted by Crippen LogP contribution is 2.32. The average Bonchev–Trinajstić information content (AvgIpc) is 2.77. The lowest BCUT2D eigenvalue weighted by Crippen LogP contribution is -2.38. The topological polar surface area (TPSA) is 12.0 Å². The van der Waals surface area contributed by atoms with Gasteiger partial charge in [0.2, 0.25) is 0 Å². The van der Waals surface area contributed by atoms with Gasteiger partial charge in [-0.2, -0.15) is 0 Å². The monoisotopic (exact) mass is 269 g/mol. The van der Waals surface area contributed by atoms with Crippen molar-refractivity contribution in [2.45, 2.75) is 57.4 Å². The van der Waals surface area contributed by atoms with E-state index in [2.05, 4.69) is 42.7 Å². The molecule has 0 radical (unpaired) electrons. The number of hydrogen-bond donors (Lipinski definition) is 1. The third kappa shape index (κ3) is 2.98. The second-order valence-electron chi connectivity index (χ2n) is 6.42. The van der Waals surface area contributed by atoms with E-state index in [9.17, 15) is 0 Å². The summed E-state index contributed by atoms with van der Waals surface area (Å²) in [5, 5.41) is 3.63. The Labute approximate surface area is 123 Å². The zero-order chi connectivity index (χ0) is 13.8.